The molecule has 1 aromatic heterocycles. The molecule has 0 saturated carbocycles. The number of methoxy groups -OCH3 is 2. The highest BCUT2D eigenvalue weighted by molar-refractivity contribution is 5.43. The maximum atomic E-state index is 5.48. The molecule has 1 aromatic carbocycles. The van der Waals surface area contributed by atoms with Crippen molar-refractivity contribution in [1.82, 2.24) is 10.3 Å². The summed E-state index contributed by atoms with van der Waals surface area (Å²) in [6, 6.07) is 10.0. The zero-order valence-electron chi connectivity index (χ0n) is 13.0. The van der Waals surface area contributed by atoms with Crippen molar-refractivity contribution in [2.45, 2.75) is 19.4 Å². The van der Waals surface area contributed by atoms with Gasteiger partial charge in [-0.15, -0.1) is 0 Å². The number of aromatic nitrogens is 1. The Hall–Kier alpha value is -2.07. The van der Waals surface area contributed by atoms with Gasteiger partial charge < -0.3 is 14.8 Å². The number of ether oxygens (including phenoxy) is 2. The number of nitrogens with one attached hydrogen (secondary N) is 1. The molecule has 21 heavy (non-hydrogen) atoms. The van der Waals surface area contributed by atoms with E-state index in [9.17, 15) is 0 Å². The second-order valence-corrected chi connectivity index (χ2v) is 4.92. The van der Waals surface area contributed by atoms with E-state index in [1.807, 2.05) is 37.5 Å². The van der Waals surface area contributed by atoms with Crippen molar-refractivity contribution in [3.63, 3.8) is 0 Å². The minimum absolute atomic E-state index is 0.114. The van der Waals surface area contributed by atoms with Gasteiger partial charge in [-0.1, -0.05) is 6.07 Å². The SMILES string of the molecule is CNC(Cc1ncccc1C)c1cc(OC)ccc1OC. The van der Waals surface area contributed by atoms with Crippen molar-refractivity contribution in [3.8, 4) is 11.5 Å². The third kappa shape index (κ3) is 3.52. The van der Waals surface area contributed by atoms with Crippen molar-refractivity contribution >= 4 is 0 Å². The predicted octanol–water partition coefficient (Wildman–Crippen LogP) is 2.91. The van der Waals surface area contributed by atoms with Crippen LogP contribution in [0.3, 0.4) is 0 Å². The van der Waals surface area contributed by atoms with E-state index in [1.54, 1.807) is 14.2 Å². The summed E-state index contributed by atoms with van der Waals surface area (Å²) < 4.78 is 10.8. The average Bonchev–Trinajstić information content (AvgIpc) is 2.53. The van der Waals surface area contributed by atoms with Crippen molar-refractivity contribution < 1.29 is 9.47 Å². The van der Waals surface area contributed by atoms with Crippen LogP contribution < -0.4 is 14.8 Å². The van der Waals surface area contributed by atoms with Gasteiger partial charge in [-0.2, -0.15) is 0 Å². The van der Waals surface area contributed by atoms with Crippen LogP contribution in [0.15, 0.2) is 36.5 Å². The molecule has 0 fully saturated rings. The van der Waals surface area contributed by atoms with Gasteiger partial charge in [-0.3, -0.25) is 4.98 Å². The van der Waals surface area contributed by atoms with Gasteiger partial charge in [-0.25, -0.2) is 0 Å². The van der Waals surface area contributed by atoms with E-state index in [2.05, 4.69) is 23.3 Å². The van der Waals surface area contributed by atoms with Crippen molar-refractivity contribution in [3.05, 3.63) is 53.3 Å². The molecule has 2 aromatic rings. The molecule has 1 N–H and O–H groups in total. The van der Waals surface area contributed by atoms with Crippen LogP contribution in [0.1, 0.15) is 22.9 Å². The largest absolute Gasteiger partial charge is 0.497 e. The van der Waals surface area contributed by atoms with E-state index >= 15 is 0 Å². The van der Waals surface area contributed by atoms with Crippen molar-refractivity contribution in [2.75, 3.05) is 21.3 Å². The number of benzene rings is 1. The lowest BCUT2D eigenvalue weighted by atomic mass is 9.98. The Morgan fingerprint density at radius 1 is 1.19 bits per heavy atom. The summed E-state index contributed by atoms with van der Waals surface area (Å²) >= 11 is 0. The van der Waals surface area contributed by atoms with Crippen LogP contribution >= 0.6 is 0 Å². The summed E-state index contributed by atoms with van der Waals surface area (Å²) in [5, 5.41) is 3.34. The quantitative estimate of drug-likeness (QED) is 0.886. The van der Waals surface area contributed by atoms with Gasteiger partial charge in [0.05, 0.1) is 14.2 Å². The molecule has 0 aliphatic heterocycles. The fourth-order valence-corrected chi connectivity index (χ4v) is 2.40. The molecular formula is C17H22N2O2. The summed E-state index contributed by atoms with van der Waals surface area (Å²) in [4.78, 5) is 4.48. The molecule has 0 aliphatic rings. The molecule has 0 saturated heterocycles. The van der Waals surface area contributed by atoms with E-state index in [-0.39, 0.29) is 6.04 Å². The Labute approximate surface area is 126 Å². The number of nitrogens with zero attached hydrogens (tertiary/aromatic N) is 1. The average molecular weight is 286 g/mol. The zero-order valence-corrected chi connectivity index (χ0v) is 13.0. The normalized spacial score (nSPS) is 12.0. The number of likely N-dealkylation sites (N-methyl/N-ethyl adjacent to an activating group) is 1. The molecule has 0 radical (unpaired) electrons. The van der Waals surface area contributed by atoms with Crippen LogP contribution in [0.25, 0.3) is 0 Å². The maximum Gasteiger partial charge on any atom is 0.123 e. The summed E-state index contributed by atoms with van der Waals surface area (Å²) in [6.07, 6.45) is 2.63. The molecule has 1 heterocycles. The fourth-order valence-electron chi connectivity index (χ4n) is 2.40. The smallest absolute Gasteiger partial charge is 0.123 e. The highest BCUT2D eigenvalue weighted by Crippen LogP contribution is 2.31. The summed E-state index contributed by atoms with van der Waals surface area (Å²) in [6.45, 7) is 2.08. The first-order valence-electron chi connectivity index (χ1n) is 6.99. The maximum absolute atomic E-state index is 5.48. The molecule has 0 spiro atoms. The van der Waals surface area contributed by atoms with Crippen LogP contribution in [-0.4, -0.2) is 26.3 Å². The third-order valence-corrected chi connectivity index (χ3v) is 3.68. The van der Waals surface area contributed by atoms with E-state index in [4.69, 9.17) is 9.47 Å². The van der Waals surface area contributed by atoms with Gasteiger partial charge in [0, 0.05) is 29.9 Å². The summed E-state index contributed by atoms with van der Waals surface area (Å²) in [5.74, 6) is 1.67. The number of hydrogen-bond donors (Lipinski definition) is 1. The molecule has 0 amide bonds. The Morgan fingerprint density at radius 2 is 2.00 bits per heavy atom. The highest BCUT2D eigenvalue weighted by atomic mass is 16.5. The standard InChI is InChI=1S/C17H22N2O2/c1-12-6-5-9-19-15(12)11-16(18-2)14-10-13(20-3)7-8-17(14)21-4/h5-10,16,18H,11H2,1-4H3. The minimum Gasteiger partial charge on any atom is -0.497 e. The highest BCUT2D eigenvalue weighted by Gasteiger charge is 2.17. The number of aryl methyl sites for hydroxylation is 1. The van der Waals surface area contributed by atoms with Crippen LogP contribution in [0, 0.1) is 6.92 Å². The molecule has 112 valence electrons. The molecule has 1 atom stereocenters. The lowest BCUT2D eigenvalue weighted by Gasteiger charge is -2.20. The first-order chi connectivity index (χ1) is 10.2. The van der Waals surface area contributed by atoms with Gasteiger partial charge in [-0.05, 0) is 43.8 Å². The molecule has 0 aliphatic carbocycles. The number of hydrogen-bond acceptors (Lipinski definition) is 4. The predicted molar refractivity (Wildman–Crippen MR) is 84.0 cm³/mol. The van der Waals surface area contributed by atoms with E-state index in [1.165, 1.54) is 5.56 Å². The van der Waals surface area contributed by atoms with Crippen molar-refractivity contribution in [1.29, 1.82) is 0 Å². The second-order valence-electron chi connectivity index (χ2n) is 4.92. The van der Waals surface area contributed by atoms with Gasteiger partial charge in [0.15, 0.2) is 0 Å². The van der Waals surface area contributed by atoms with Gasteiger partial charge in [0.25, 0.3) is 0 Å². The zero-order chi connectivity index (χ0) is 15.2. The van der Waals surface area contributed by atoms with Crippen LogP contribution in [-0.2, 0) is 6.42 Å². The Morgan fingerprint density at radius 3 is 2.62 bits per heavy atom. The van der Waals surface area contributed by atoms with E-state index in [0.29, 0.717) is 0 Å². The number of rotatable bonds is 6. The number of pyridine rings is 1. The summed E-state index contributed by atoms with van der Waals surface area (Å²) in [5.41, 5.74) is 3.35. The van der Waals surface area contributed by atoms with E-state index < -0.39 is 0 Å². The topological polar surface area (TPSA) is 43.4 Å². The Balaban J connectivity index is 2.34. The molecule has 1 unspecified atom stereocenters. The minimum atomic E-state index is 0.114. The molecule has 4 nitrogen and oxygen atoms in total. The monoisotopic (exact) mass is 286 g/mol. The van der Waals surface area contributed by atoms with Crippen LogP contribution in [0.5, 0.6) is 11.5 Å². The molecule has 0 bridgehead atoms. The first kappa shape index (κ1) is 15.3. The summed E-state index contributed by atoms with van der Waals surface area (Å²) in [7, 11) is 5.30. The molecule has 2 rings (SSSR count). The van der Waals surface area contributed by atoms with Gasteiger partial charge in [0.2, 0.25) is 0 Å². The Kier molecular flexibility index (Phi) is 5.17. The fraction of sp³-hybridized carbons (Fsp3) is 0.353. The van der Waals surface area contributed by atoms with Crippen LogP contribution in [0.2, 0.25) is 0 Å². The second kappa shape index (κ2) is 7.09. The first-order valence-corrected chi connectivity index (χ1v) is 6.99. The lowest BCUT2D eigenvalue weighted by Crippen LogP contribution is -2.20. The lowest BCUT2D eigenvalue weighted by molar-refractivity contribution is 0.391. The molecule has 4 heteroatoms. The van der Waals surface area contributed by atoms with Crippen LogP contribution in [0.4, 0.5) is 0 Å². The Bertz CT molecular complexity index is 599. The van der Waals surface area contributed by atoms with Crippen molar-refractivity contribution in [2.24, 2.45) is 0 Å². The van der Waals surface area contributed by atoms with Gasteiger partial charge >= 0.3 is 0 Å². The third-order valence-electron chi connectivity index (χ3n) is 3.68. The van der Waals surface area contributed by atoms with Gasteiger partial charge in [0.1, 0.15) is 11.5 Å². The van der Waals surface area contributed by atoms with E-state index in [0.717, 1.165) is 29.2 Å². The molecular weight excluding hydrogens is 264 g/mol.